The molecule has 0 bridgehead atoms. The Morgan fingerprint density at radius 2 is 2.05 bits per heavy atom. The van der Waals surface area contributed by atoms with Crippen LogP contribution in [0.4, 0.5) is 0 Å². The molecule has 3 heteroatoms. The van der Waals surface area contributed by atoms with Crippen LogP contribution >= 0.6 is 23.2 Å². The predicted molar refractivity (Wildman–Crippen MR) is 82.0 cm³/mol. The molecule has 0 saturated heterocycles. The van der Waals surface area contributed by atoms with Crippen molar-refractivity contribution >= 4 is 23.2 Å². The zero-order chi connectivity index (χ0) is 13.9. The van der Waals surface area contributed by atoms with E-state index >= 15 is 0 Å². The Morgan fingerprint density at radius 3 is 2.79 bits per heavy atom. The second-order valence-corrected chi connectivity index (χ2v) is 6.69. The molecule has 0 aliphatic heterocycles. The fourth-order valence-corrected chi connectivity index (χ4v) is 3.46. The number of hydrogen-bond acceptors (Lipinski definition) is 1. The molecule has 1 nitrogen and oxygen atoms in total. The molecule has 1 aromatic carbocycles. The van der Waals surface area contributed by atoms with Crippen molar-refractivity contribution in [1.82, 2.24) is 0 Å². The lowest BCUT2D eigenvalue weighted by atomic mass is 9.87. The summed E-state index contributed by atoms with van der Waals surface area (Å²) in [4.78, 5) is 0. The van der Waals surface area contributed by atoms with Crippen molar-refractivity contribution in [1.29, 1.82) is 0 Å². The van der Waals surface area contributed by atoms with E-state index in [0.29, 0.717) is 16.5 Å². The highest BCUT2D eigenvalue weighted by molar-refractivity contribution is 6.33. The van der Waals surface area contributed by atoms with Gasteiger partial charge in [-0.05, 0) is 48.9 Å². The summed E-state index contributed by atoms with van der Waals surface area (Å²) in [6.45, 7) is 2.24. The van der Waals surface area contributed by atoms with Gasteiger partial charge in [-0.25, -0.2) is 0 Å². The minimum Gasteiger partial charge on any atom is -0.390 e. The van der Waals surface area contributed by atoms with E-state index in [1.807, 2.05) is 12.1 Å². The van der Waals surface area contributed by atoms with Crippen molar-refractivity contribution in [3.05, 3.63) is 33.8 Å². The third-order valence-corrected chi connectivity index (χ3v) is 4.98. The Labute approximate surface area is 125 Å². The minimum absolute atomic E-state index is 0.613. The van der Waals surface area contributed by atoms with Crippen LogP contribution in [0.2, 0.25) is 10.0 Å². The molecule has 1 aromatic rings. The zero-order valence-corrected chi connectivity index (χ0v) is 13.0. The Bertz CT molecular complexity index is 433. The molecule has 1 fully saturated rings. The first-order valence-electron chi connectivity index (χ1n) is 7.19. The van der Waals surface area contributed by atoms with E-state index in [1.54, 1.807) is 6.07 Å². The first kappa shape index (κ1) is 15.2. The third-order valence-electron chi connectivity index (χ3n) is 4.38. The minimum atomic E-state index is -0.613. The van der Waals surface area contributed by atoms with E-state index in [9.17, 15) is 5.11 Å². The van der Waals surface area contributed by atoms with Crippen LogP contribution < -0.4 is 0 Å². The monoisotopic (exact) mass is 300 g/mol. The maximum Gasteiger partial charge on any atom is 0.0688 e. The van der Waals surface area contributed by atoms with Gasteiger partial charge < -0.3 is 5.11 Å². The van der Waals surface area contributed by atoms with Crippen molar-refractivity contribution in [2.24, 2.45) is 5.92 Å². The number of benzene rings is 1. The van der Waals surface area contributed by atoms with Gasteiger partial charge in [-0.3, -0.25) is 0 Å². The summed E-state index contributed by atoms with van der Waals surface area (Å²) >= 11 is 12.2. The van der Waals surface area contributed by atoms with E-state index in [0.717, 1.165) is 37.2 Å². The first-order chi connectivity index (χ1) is 9.02. The zero-order valence-electron chi connectivity index (χ0n) is 11.5. The van der Waals surface area contributed by atoms with Gasteiger partial charge in [0.1, 0.15) is 0 Å². The second-order valence-electron chi connectivity index (χ2n) is 5.84. The van der Waals surface area contributed by atoms with Crippen LogP contribution in [0.3, 0.4) is 0 Å². The van der Waals surface area contributed by atoms with Crippen molar-refractivity contribution in [3.63, 3.8) is 0 Å². The van der Waals surface area contributed by atoms with E-state index in [4.69, 9.17) is 23.2 Å². The molecule has 2 rings (SSSR count). The molecule has 0 amide bonds. The third kappa shape index (κ3) is 4.11. The van der Waals surface area contributed by atoms with Crippen molar-refractivity contribution in [2.75, 3.05) is 0 Å². The fraction of sp³-hybridized carbons (Fsp3) is 0.625. The quantitative estimate of drug-likeness (QED) is 0.755. The lowest BCUT2D eigenvalue weighted by Gasteiger charge is -2.27. The lowest BCUT2D eigenvalue weighted by molar-refractivity contribution is 0.0242. The van der Waals surface area contributed by atoms with Gasteiger partial charge >= 0.3 is 0 Å². The summed E-state index contributed by atoms with van der Waals surface area (Å²) in [5.74, 6) is 0.767. The van der Waals surface area contributed by atoms with E-state index < -0.39 is 5.60 Å². The highest BCUT2D eigenvalue weighted by atomic mass is 35.5. The summed E-state index contributed by atoms with van der Waals surface area (Å²) in [5, 5.41) is 12.2. The lowest BCUT2D eigenvalue weighted by Crippen LogP contribution is -2.30. The van der Waals surface area contributed by atoms with Crippen molar-refractivity contribution in [3.8, 4) is 0 Å². The van der Waals surface area contributed by atoms with E-state index in [1.165, 1.54) is 12.8 Å². The van der Waals surface area contributed by atoms with Crippen LogP contribution in [0.1, 0.15) is 51.0 Å². The molecule has 19 heavy (non-hydrogen) atoms. The van der Waals surface area contributed by atoms with Gasteiger partial charge in [0.15, 0.2) is 0 Å². The summed E-state index contributed by atoms with van der Waals surface area (Å²) in [6.07, 6.45) is 7.03. The van der Waals surface area contributed by atoms with Crippen LogP contribution in [0.15, 0.2) is 18.2 Å². The first-order valence-corrected chi connectivity index (χ1v) is 7.94. The number of aliphatic hydroxyl groups is 1. The summed E-state index contributed by atoms with van der Waals surface area (Å²) in [7, 11) is 0. The molecule has 1 aliphatic carbocycles. The summed E-state index contributed by atoms with van der Waals surface area (Å²) in [5.41, 5.74) is 0.352. The molecule has 0 radical (unpaired) electrons. The average Bonchev–Trinajstić information content (AvgIpc) is 2.56. The molecule has 0 aromatic heterocycles. The number of rotatable bonds is 3. The fourth-order valence-electron chi connectivity index (χ4n) is 3.08. The van der Waals surface area contributed by atoms with E-state index in [2.05, 4.69) is 6.92 Å². The van der Waals surface area contributed by atoms with Crippen LogP contribution in [-0.4, -0.2) is 10.7 Å². The van der Waals surface area contributed by atoms with Gasteiger partial charge in [-0.1, -0.05) is 49.4 Å². The topological polar surface area (TPSA) is 20.2 Å². The molecular weight excluding hydrogens is 279 g/mol. The van der Waals surface area contributed by atoms with E-state index in [-0.39, 0.29) is 0 Å². The second kappa shape index (κ2) is 6.47. The Balaban J connectivity index is 2.10. The highest BCUT2D eigenvalue weighted by Crippen LogP contribution is 2.35. The molecule has 2 atom stereocenters. The smallest absolute Gasteiger partial charge is 0.0688 e. The predicted octanol–water partition coefficient (Wildman–Crippen LogP) is 5.26. The summed E-state index contributed by atoms with van der Waals surface area (Å²) in [6, 6.07) is 5.48. The Kier molecular flexibility index (Phi) is 5.16. The van der Waals surface area contributed by atoms with Crippen LogP contribution in [-0.2, 0) is 6.42 Å². The number of hydrogen-bond donors (Lipinski definition) is 1. The standard InChI is InChI=1S/C16H22Cl2O/c1-2-12-4-3-8-16(19,9-7-12)11-13-10-14(17)5-6-15(13)18/h5-6,10,12,19H,2-4,7-9,11H2,1H3. The maximum atomic E-state index is 10.8. The van der Waals surface area contributed by atoms with Crippen molar-refractivity contribution < 1.29 is 5.11 Å². The molecule has 1 saturated carbocycles. The van der Waals surface area contributed by atoms with Crippen LogP contribution in [0.25, 0.3) is 0 Å². The molecule has 1 aliphatic rings. The van der Waals surface area contributed by atoms with Gasteiger partial charge in [0.2, 0.25) is 0 Å². The normalized spacial score (nSPS) is 28.1. The molecular formula is C16H22Cl2O. The molecule has 1 N–H and O–H groups in total. The molecule has 0 spiro atoms. The SMILES string of the molecule is CCC1CCCC(O)(Cc2cc(Cl)ccc2Cl)CC1. The number of halogens is 2. The summed E-state index contributed by atoms with van der Waals surface area (Å²) < 4.78 is 0. The van der Waals surface area contributed by atoms with Gasteiger partial charge in [0.05, 0.1) is 5.60 Å². The largest absolute Gasteiger partial charge is 0.390 e. The van der Waals surface area contributed by atoms with Crippen LogP contribution in [0.5, 0.6) is 0 Å². The van der Waals surface area contributed by atoms with Gasteiger partial charge in [-0.15, -0.1) is 0 Å². The molecule has 2 unspecified atom stereocenters. The maximum absolute atomic E-state index is 10.8. The van der Waals surface area contributed by atoms with Crippen molar-refractivity contribution in [2.45, 2.75) is 57.5 Å². The average molecular weight is 301 g/mol. The Hall–Kier alpha value is -0.240. The van der Waals surface area contributed by atoms with Gasteiger partial charge in [0.25, 0.3) is 0 Å². The molecule has 106 valence electrons. The Morgan fingerprint density at radius 1 is 1.26 bits per heavy atom. The van der Waals surface area contributed by atoms with Crippen LogP contribution in [0, 0.1) is 5.92 Å². The highest BCUT2D eigenvalue weighted by Gasteiger charge is 2.31. The van der Waals surface area contributed by atoms with Gasteiger partial charge in [-0.2, -0.15) is 0 Å². The molecule has 0 heterocycles. The van der Waals surface area contributed by atoms with Gasteiger partial charge in [0, 0.05) is 16.5 Å².